The number of para-hydroxylation sites is 5. The summed E-state index contributed by atoms with van der Waals surface area (Å²) in [6.07, 6.45) is 1.86. The molecule has 0 saturated heterocycles. The Morgan fingerprint density at radius 3 is 1.50 bits per heavy atom. The summed E-state index contributed by atoms with van der Waals surface area (Å²) in [5, 5.41) is 15.1. The van der Waals surface area contributed by atoms with Crippen LogP contribution in [0.2, 0.25) is 0 Å². The highest BCUT2D eigenvalue weighted by Crippen LogP contribution is 2.40. The number of pyridine rings is 1. The van der Waals surface area contributed by atoms with Crippen molar-refractivity contribution in [3.63, 3.8) is 0 Å². The van der Waals surface area contributed by atoms with Gasteiger partial charge in [-0.2, -0.15) is 5.26 Å². The fourth-order valence-corrected chi connectivity index (χ4v) is 7.08. The summed E-state index contributed by atoms with van der Waals surface area (Å²) in [6, 6.07) is 55.1. The molecule has 46 heavy (non-hydrogen) atoms. The van der Waals surface area contributed by atoms with Crippen LogP contribution in [0.25, 0.3) is 77.4 Å². The van der Waals surface area contributed by atoms with Crippen LogP contribution in [0.3, 0.4) is 0 Å². The van der Waals surface area contributed by atoms with E-state index in [1.165, 1.54) is 10.8 Å². The van der Waals surface area contributed by atoms with Crippen LogP contribution in [0, 0.1) is 11.3 Å². The van der Waals surface area contributed by atoms with Gasteiger partial charge in [-0.25, -0.2) is 4.98 Å². The summed E-state index contributed by atoms with van der Waals surface area (Å²) in [7, 11) is 0. The maximum atomic E-state index is 10.4. The lowest BCUT2D eigenvalue weighted by molar-refractivity contribution is 1.08. The zero-order valence-corrected chi connectivity index (χ0v) is 24.8. The van der Waals surface area contributed by atoms with Crippen LogP contribution in [-0.2, 0) is 0 Å². The monoisotopic (exact) mass is 586 g/mol. The second kappa shape index (κ2) is 10.3. The molecule has 214 valence electrons. The minimum atomic E-state index is 0.627. The smallest absolute Gasteiger partial charge is 0.145 e. The van der Waals surface area contributed by atoms with Gasteiger partial charge >= 0.3 is 0 Å². The maximum Gasteiger partial charge on any atom is 0.145 e. The van der Waals surface area contributed by atoms with Gasteiger partial charge in [0.1, 0.15) is 11.9 Å². The van der Waals surface area contributed by atoms with Crippen LogP contribution < -0.4 is 0 Å². The van der Waals surface area contributed by atoms with Crippen molar-refractivity contribution in [3.05, 3.63) is 163 Å². The standard InChI is InChI=1S/C42H26N4/c43-27-30-14-10-19-31(41(30)45-37-21-5-1-15-33(37)34-16-2-6-22-38(34)45)28-12-9-13-29(26-28)32-20-11-25-44-42(32)46-39-23-7-3-17-35(39)36-18-4-8-24-40(36)46/h1-26H. The lowest BCUT2D eigenvalue weighted by atomic mass is 9.96. The van der Waals surface area contributed by atoms with Crippen molar-refractivity contribution in [1.82, 2.24) is 14.1 Å². The molecule has 0 aliphatic heterocycles. The zero-order chi connectivity index (χ0) is 30.6. The third kappa shape index (κ3) is 3.83. The van der Waals surface area contributed by atoms with Gasteiger partial charge in [-0.1, -0.05) is 103 Å². The molecule has 0 aliphatic rings. The summed E-state index contributed by atoms with van der Waals surface area (Å²) in [5.74, 6) is 0.880. The second-order valence-corrected chi connectivity index (χ2v) is 11.5. The highest BCUT2D eigenvalue weighted by Gasteiger charge is 2.20. The van der Waals surface area contributed by atoms with Crippen molar-refractivity contribution in [3.8, 4) is 39.8 Å². The van der Waals surface area contributed by atoms with Crippen LogP contribution in [0.1, 0.15) is 5.56 Å². The van der Waals surface area contributed by atoms with Crippen LogP contribution in [0.15, 0.2) is 158 Å². The molecule has 9 aromatic rings. The molecule has 6 aromatic carbocycles. The number of nitriles is 1. The van der Waals surface area contributed by atoms with Crippen LogP contribution in [0.5, 0.6) is 0 Å². The summed E-state index contributed by atoms with van der Waals surface area (Å²) in [5.41, 5.74) is 10.0. The molecule has 0 spiro atoms. The van der Waals surface area contributed by atoms with Crippen molar-refractivity contribution >= 4 is 43.6 Å². The Labute approximate surface area is 265 Å². The van der Waals surface area contributed by atoms with E-state index < -0.39 is 0 Å². The number of rotatable bonds is 4. The molecule has 0 amide bonds. The average molecular weight is 587 g/mol. The highest BCUT2D eigenvalue weighted by molar-refractivity contribution is 6.11. The Kier molecular flexibility index (Phi) is 5.84. The van der Waals surface area contributed by atoms with Gasteiger partial charge in [-0.05, 0) is 59.7 Å². The predicted octanol–water partition coefficient (Wildman–Crippen LogP) is 10.5. The van der Waals surface area contributed by atoms with Gasteiger partial charge in [-0.3, -0.25) is 4.57 Å². The second-order valence-electron chi connectivity index (χ2n) is 11.5. The van der Waals surface area contributed by atoms with E-state index >= 15 is 0 Å². The van der Waals surface area contributed by atoms with Crippen molar-refractivity contribution in [2.24, 2.45) is 0 Å². The molecule has 0 atom stereocenters. The van der Waals surface area contributed by atoms with Gasteiger partial charge in [0.25, 0.3) is 0 Å². The zero-order valence-electron chi connectivity index (χ0n) is 24.8. The largest absolute Gasteiger partial charge is 0.307 e. The van der Waals surface area contributed by atoms with Crippen molar-refractivity contribution in [1.29, 1.82) is 5.26 Å². The summed E-state index contributed by atoms with van der Waals surface area (Å²) >= 11 is 0. The Morgan fingerprint density at radius 2 is 0.935 bits per heavy atom. The van der Waals surface area contributed by atoms with Gasteiger partial charge in [0.15, 0.2) is 0 Å². The fraction of sp³-hybridized carbons (Fsp3) is 0. The first kappa shape index (κ1) is 26.0. The molecule has 3 aromatic heterocycles. The Hall–Kier alpha value is -6.44. The van der Waals surface area contributed by atoms with E-state index in [2.05, 4.69) is 149 Å². The van der Waals surface area contributed by atoms with E-state index in [9.17, 15) is 5.26 Å². The van der Waals surface area contributed by atoms with Crippen LogP contribution in [-0.4, -0.2) is 14.1 Å². The number of benzene rings is 6. The van der Waals surface area contributed by atoms with E-state index in [-0.39, 0.29) is 0 Å². The molecule has 9 rings (SSSR count). The van der Waals surface area contributed by atoms with Crippen molar-refractivity contribution < 1.29 is 0 Å². The minimum Gasteiger partial charge on any atom is -0.307 e. The molecule has 0 saturated carbocycles. The van der Waals surface area contributed by atoms with E-state index in [0.29, 0.717) is 5.56 Å². The lowest BCUT2D eigenvalue weighted by Gasteiger charge is -2.17. The summed E-state index contributed by atoms with van der Waals surface area (Å²) in [6.45, 7) is 0. The SMILES string of the molecule is N#Cc1cccc(-c2cccc(-c3cccnc3-n3c4ccccc4c4ccccc43)c2)c1-n1c2ccccc2c2ccccc21. The molecular weight excluding hydrogens is 560 g/mol. The summed E-state index contributed by atoms with van der Waals surface area (Å²) < 4.78 is 4.52. The lowest BCUT2D eigenvalue weighted by Crippen LogP contribution is -2.01. The summed E-state index contributed by atoms with van der Waals surface area (Å²) in [4.78, 5) is 4.97. The number of hydrogen-bond acceptors (Lipinski definition) is 2. The number of nitrogens with zero attached hydrogens (tertiary/aromatic N) is 4. The molecule has 4 nitrogen and oxygen atoms in total. The topological polar surface area (TPSA) is 46.5 Å². The molecule has 0 unspecified atom stereocenters. The quantitative estimate of drug-likeness (QED) is 0.206. The first-order chi connectivity index (χ1) is 22.8. The van der Waals surface area contributed by atoms with Crippen LogP contribution >= 0.6 is 0 Å². The van der Waals surface area contributed by atoms with E-state index in [4.69, 9.17) is 4.98 Å². The van der Waals surface area contributed by atoms with E-state index in [0.717, 1.165) is 66.6 Å². The highest BCUT2D eigenvalue weighted by atomic mass is 15.1. The first-order valence-electron chi connectivity index (χ1n) is 15.4. The maximum absolute atomic E-state index is 10.4. The molecule has 3 heterocycles. The molecule has 4 heteroatoms. The van der Waals surface area contributed by atoms with Gasteiger partial charge < -0.3 is 4.57 Å². The Morgan fingerprint density at radius 1 is 0.457 bits per heavy atom. The molecule has 0 N–H and O–H groups in total. The number of fused-ring (bicyclic) bond motifs is 6. The number of hydrogen-bond donors (Lipinski definition) is 0. The van der Waals surface area contributed by atoms with E-state index in [1.54, 1.807) is 0 Å². The first-order valence-corrected chi connectivity index (χ1v) is 15.4. The Bertz CT molecular complexity index is 2560. The number of aromatic nitrogens is 3. The van der Waals surface area contributed by atoms with Gasteiger partial charge in [0.2, 0.25) is 0 Å². The predicted molar refractivity (Wildman–Crippen MR) is 189 cm³/mol. The molecular formula is C42H26N4. The van der Waals surface area contributed by atoms with Crippen molar-refractivity contribution in [2.75, 3.05) is 0 Å². The Balaban J connectivity index is 1.29. The van der Waals surface area contributed by atoms with Gasteiger partial charge in [-0.15, -0.1) is 0 Å². The third-order valence-electron chi connectivity index (χ3n) is 9.02. The molecule has 0 bridgehead atoms. The fourth-order valence-electron chi connectivity index (χ4n) is 7.08. The van der Waals surface area contributed by atoms with Gasteiger partial charge in [0, 0.05) is 38.9 Å². The minimum absolute atomic E-state index is 0.627. The van der Waals surface area contributed by atoms with Crippen molar-refractivity contribution in [2.45, 2.75) is 0 Å². The van der Waals surface area contributed by atoms with E-state index in [1.807, 2.05) is 24.4 Å². The van der Waals surface area contributed by atoms with Gasteiger partial charge in [0.05, 0.1) is 33.3 Å². The molecule has 0 aliphatic carbocycles. The molecule has 0 fully saturated rings. The van der Waals surface area contributed by atoms with Crippen LogP contribution in [0.4, 0.5) is 0 Å². The normalized spacial score (nSPS) is 11.5. The third-order valence-corrected chi connectivity index (χ3v) is 9.02. The molecule has 0 radical (unpaired) electrons. The average Bonchev–Trinajstić information content (AvgIpc) is 3.64.